The van der Waals surface area contributed by atoms with Crippen LogP contribution in [0.2, 0.25) is 0 Å². The largest absolute Gasteiger partial charge is 0.456 e. The van der Waals surface area contributed by atoms with Gasteiger partial charge < -0.3 is 9.32 Å². The molecule has 0 N–H and O–H groups in total. The van der Waals surface area contributed by atoms with Gasteiger partial charge >= 0.3 is 0 Å². The van der Waals surface area contributed by atoms with Gasteiger partial charge in [0, 0.05) is 27.6 Å². The number of hydrogen-bond acceptors (Lipinski definition) is 2. The third-order valence-electron chi connectivity index (χ3n) is 10.7. The average molecular weight is 716 g/mol. The van der Waals surface area contributed by atoms with E-state index in [0.29, 0.717) is 0 Å². The molecule has 1 aromatic heterocycles. The van der Waals surface area contributed by atoms with Gasteiger partial charge in [-0.1, -0.05) is 182 Å². The third-order valence-corrected chi connectivity index (χ3v) is 10.7. The molecule has 0 unspecified atom stereocenters. The maximum atomic E-state index is 6.49. The Bertz CT molecular complexity index is 2810. The Morgan fingerprint density at radius 3 is 1.21 bits per heavy atom. The van der Waals surface area contributed by atoms with E-state index in [-0.39, 0.29) is 0 Å². The molecule has 0 fully saturated rings. The quantitative estimate of drug-likeness (QED) is 0.156. The highest BCUT2D eigenvalue weighted by molar-refractivity contribution is 6.08. The highest BCUT2D eigenvalue weighted by Crippen LogP contribution is 2.50. The van der Waals surface area contributed by atoms with Gasteiger partial charge in [-0.2, -0.15) is 0 Å². The van der Waals surface area contributed by atoms with E-state index in [2.05, 4.69) is 217 Å². The smallest absolute Gasteiger partial charge is 0.136 e. The SMILES string of the molecule is c1ccc(-c2ccccc2N(c2cc(-c3ccccc3)c(-c3ccc4c(c3)oc3ccccc34)c(-c3ccccc3)c2)c2ccccc2-c2ccccc2)cc1. The number of anilines is 3. The summed E-state index contributed by atoms with van der Waals surface area (Å²) in [5.41, 5.74) is 16.4. The first-order valence-electron chi connectivity index (χ1n) is 19.1. The molecular weight excluding hydrogens is 679 g/mol. The fraction of sp³-hybridized carbons (Fsp3) is 0. The highest BCUT2D eigenvalue weighted by Gasteiger charge is 2.25. The number of furan rings is 1. The zero-order chi connectivity index (χ0) is 37.3. The van der Waals surface area contributed by atoms with E-state index in [1.165, 1.54) is 0 Å². The summed E-state index contributed by atoms with van der Waals surface area (Å²) < 4.78 is 6.49. The second-order valence-electron chi connectivity index (χ2n) is 14.1. The van der Waals surface area contributed by atoms with Gasteiger partial charge in [0.2, 0.25) is 0 Å². The van der Waals surface area contributed by atoms with Crippen LogP contribution in [-0.4, -0.2) is 0 Å². The zero-order valence-electron chi connectivity index (χ0n) is 30.7. The summed E-state index contributed by atoms with van der Waals surface area (Å²) in [4.78, 5) is 2.45. The fourth-order valence-corrected chi connectivity index (χ4v) is 8.11. The van der Waals surface area contributed by atoms with E-state index < -0.39 is 0 Å². The van der Waals surface area contributed by atoms with Gasteiger partial charge in [-0.25, -0.2) is 0 Å². The Kier molecular flexibility index (Phi) is 8.55. The number of hydrogen-bond donors (Lipinski definition) is 0. The van der Waals surface area contributed by atoms with Gasteiger partial charge in [-0.05, 0) is 87.0 Å². The molecule has 2 nitrogen and oxygen atoms in total. The lowest BCUT2D eigenvalue weighted by atomic mass is 9.86. The monoisotopic (exact) mass is 715 g/mol. The third kappa shape index (κ3) is 6.04. The summed E-state index contributed by atoms with van der Waals surface area (Å²) in [5.74, 6) is 0. The van der Waals surface area contributed by atoms with Crippen molar-refractivity contribution in [1.82, 2.24) is 0 Å². The van der Waals surface area contributed by atoms with Crippen LogP contribution in [0.25, 0.3) is 77.6 Å². The molecule has 10 rings (SSSR count). The molecule has 9 aromatic carbocycles. The molecule has 0 saturated carbocycles. The molecule has 1 heterocycles. The van der Waals surface area contributed by atoms with Gasteiger partial charge in [0.15, 0.2) is 0 Å². The van der Waals surface area contributed by atoms with Crippen molar-refractivity contribution in [3.8, 4) is 55.6 Å². The predicted octanol–water partition coefficient (Wildman–Crippen LogP) is 15.4. The molecule has 264 valence electrons. The first-order valence-corrected chi connectivity index (χ1v) is 19.1. The standard InChI is InChI=1S/C54H37NO/c1-5-19-38(20-6-1)44-27-13-16-30-50(44)55(51-31-17-14-28-45(51)39-21-7-2-8-22-39)43-36-48(40-23-9-3-10-24-40)54(49(37-43)41-25-11-4-12-26-41)42-33-34-47-46-29-15-18-32-52(46)56-53(47)35-42/h1-37H. The Morgan fingerprint density at radius 2 is 0.696 bits per heavy atom. The molecule has 0 saturated heterocycles. The van der Waals surface area contributed by atoms with Gasteiger partial charge in [-0.15, -0.1) is 0 Å². The Morgan fingerprint density at radius 1 is 0.286 bits per heavy atom. The number of nitrogens with zero attached hydrogens (tertiary/aromatic N) is 1. The van der Waals surface area contributed by atoms with Gasteiger partial charge in [-0.3, -0.25) is 0 Å². The molecule has 0 aliphatic carbocycles. The highest BCUT2D eigenvalue weighted by atomic mass is 16.3. The topological polar surface area (TPSA) is 16.4 Å². The first kappa shape index (κ1) is 33.2. The van der Waals surface area contributed by atoms with Crippen molar-refractivity contribution >= 4 is 39.0 Å². The minimum atomic E-state index is 0.876. The summed E-state index contributed by atoms with van der Waals surface area (Å²) in [6.45, 7) is 0. The Balaban J connectivity index is 1.31. The second kappa shape index (κ2) is 14.4. The lowest BCUT2D eigenvalue weighted by Crippen LogP contribution is -2.13. The molecule has 0 bridgehead atoms. The first-order chi connectivity index (χ1) is 27.8. The molecule has 0 spiro atoms. The van der Waals surface area contributed by atoms with Crippen molar-refractivity contribution in [3.05, 3.63) is 224 Å². The molecule has 0 aliphatic heterocycles. The Hall–Kier alpha value is -7.42. The molecule has 0 atom stereocenters. The van der Waals surface area contributed by atoms with Crippen LogP contribution in [-0.2, 0) is 0 Å². The van der Waals surface area contributed by atoms with Crippen LogP contribution < -0.4 is 4.90 Å². The van der Waals surface area contributed by atoms with Crippen molar-refractivity contribution in [2.24, 2.45) is 0 Å². The maximum Gasteiger partial charge on any atom is 0.136 e. The molecular formula is C54H37NO. The molecule has 0 radical (unpaired) electrons. The van der Waals surface area contributed by atoms with E-state index >= 15 is 0 Å². The van der Waals surface area contributed by atoms with Crippen molar-refractivity contribution in [3.63, 3.8) is 0 Å². The van der Waals surface area contributed by atoms with E-state index in [1.54, 1.807) is 0 Å². The van der Waals surface area contributed by atoms with Crippen LogP contribution >= 0.6 is 0 Å². The van der Waals surface area contributed by atoms with Crippen LogP contribution in [0.4, 0.5) is 17.1 Å². The lowest BCUT2D eigenvalue weighted by Gasteiger charge is -2.31. The summed E-state index contributed by atoms with van der Waals surface area (Å²) >= 11 is 0. The fourth-order valence-electron chi connectivity index (χ4n) is 8.11. The molecule has 2 heteroatoms. The van der Waals surface area contributed by atoms with E-state index in [4.69, 9.17) is 4.42 Å². The van der Waals surface area contributed by atoms with Gasteiger partial charge in [0.05, 0.1) is 11.4 Å². The Labute approximate surface area is 327 Å². The molecule has 0 amide bonds. The van der Waals surface area contributed by atoms with Crippen molar-refractivity contribution in [1.29, 1.82) is 0 Å². The van der Waals surface area contributed by atoms with Gasteiger partial charge in [0.1, 0.15) is 11.2 Å². The van der Waals surface area contributed by atoms with E-state index in [0.717, 1.165) is 94.6 Å². The summed E-state index contributed by atoms with van der Waals surface area (Å²) in [6, 6.07) is 80.2. The summed E-state index contributed by atoms with van der Waals surface area (Å²) in [7, 11) is 0. The minimum absolute atomic E-state index is 0.876. The summed E-state index contributed by atoms with van der Waals surface area (Å²) in [6.07, 6.45) is 0. The molecule has 56 heavy (non-hydrogen) atoms. The number of para-hydroxylation sites is 3. The maximum absolute atomic E-state index is 6.49. The molecule has 0 aliphatic rings. The number of benzene rings is 9. The number of rotatable bonds is 8. The van der Waals surface area contributed by atoms with Crippen LogP contribution in [0.5, 0.6) is 0 Å². The van der Waals surface area contributed by atoms with Crippen molar-refractivity contribution in [2.75, 3.05) is 4.90 Å². The normalized spacial score (nSPS) is 11.2. The zero-order valence-corrected chi connectivity index (χ0v) is 30.7. The lowest BCUT2D eigenvalue weighted by molar-refractivity contribution is 0.669. The van der Waals surface area contributed by atoms with Crippen molar-refractivity contribution in [2.45, 2.75) is 0 Å². The van der Waals surface area contributed by atoms with Crippen LogP contribution in [0, 0.1) is 0 Å². The van der Waals surface area contributed by atoms with Crippen LogP contribution in [0.15, 0.2) is 229 Å². The van der Waals surface area contributed by atoms with Crippen LogP contribution in [0.3, 0.4) is 0 Å². The average Bonchev–Trinajstić information content (AvgIpc) is 3.66. The minimum Gasteiger partial charge on any atom is -0.456 e. The van der Waals surface area contributed by atoms with Crippen molar-refractivity contribution < 1.29 is 4.42 Å². The van der Waals surface area contributed by atoms with E-state index in [1.807, 2.05) is 12.1 Å². The van der Waals surface area contributed by atoms with Crippen LogP contribution in [0.1, 0.15) is 0 Å². The van der Waals surface area contributed by atoms with Gasteiger partial charge in [0.25, 0.3) is 0 Å². The second-order valence-corrected chi connectivity index (χ2v) is 14.1. The van der Waals surface area contributed by atoms with E-state index in [9.17, 15) is 0 Å². The number of fused-ring (bicyclic) bond motifs is 3. The predicted molar refractivity (Wildman–Crippen MR) is 236 cm³/mol. The molecule has 10 aromatic rings. The summed E-state index contributed by atoms with van der Waals surface area (Å²) in [5, 5.41) is 2.24.